The van der Waals surface area contributed by atoms with Crippen molar-refractivity contribution < 1.29 is 4.79 Å². The van der Waals surface area contributed by atoms with Gasteiger partial charge in [0.2, 0.25) is 5.91 Å². The Hall–Kier alpha value is -4.87. The number of halogens is 1. The molecule has 0 saturated heterocycles. The number of aromatic amines is 2. The first kappa shape index (κ1) is 27.0. The number of anilines is 1. The molecule has 0 aliphatic heterocycles. The van der Waals surface area contributed by atoms with Crippen molar-refractivity contribution in [3.63, 3.8) is 0 Å². The number of rotatable bonds is 7. The summed E-state index contributed by atoms with van der Waals surface area (Å²) in [6.45, 7) is 1.55. The van der Waals surface area contributed by atoms with E-state index in [2.05, 4.69) is 140 Å². The van der Waals surface area contributed by atoms with Gasteiger partial charge in [0, 0.05) is 73.7 Å². The molecule has 210 valence electrons. The van der Waals surface area contributed by atoms with Crippen molar-refractivity contribution >= 4 is 49.3 Å². The molecule has 5 aromatic carbocycles. The first-order valence-corrected chi connectivity index (χ1v) is 15.2. The van der Waals surface area contributed by atoms with Gasteiger partial charge in [-0.25, -0.2) is 0 Å². The first-order chi connectivity index (χ1) is 21.1. The Morgan fingerprint density at radius 1 is 0.698 bits per heavy atom. The Bertz CT molecular complexity index is 2040. The van der Waals surface area contributed by atoms with E-state index in [1.54, 1.807) is 6.92 Å². The van der Waals surface area contributed by atoms with Crippen LogP contribution in [0.4, 0.5) is 5.69 Å². The molecule has 0 atom stereocenters. The van der Waals surface area contributed by atoms with E-state index in [1.165, 1.54) is 22.3 Å². The molecule has 4 nitrogen and oxygen atoms in total. The molecule has 2 heterocycles. The van der Waals surface area contributed by atoms with Crippen LogP contribution < -0.4 is 5.32 Å². The van der Waals surface area contributed by atoms with Crippen LogP contribution in [0.15, 0.2) is 132 Å². The molecule has 7 rings (SSSR count). The van der Waals surface area contributed by atoms with Crippen LogP contribution in [0.2, 0.25) is 0 Å². The van der Waals surface area contributed by atoms with Gasteiger partial charge in [-0.3, -0.25) is 4.79 Å². The van der Waals surface area contributed by atoms with Crippen LogP contribution in [0.3, 0.4) is 0 Å². The molecule has 43 heavy (non-hydrogen) atoms. The highest BCUT2D eigenvalue weighted by molar-refractivity contribution is 9.10. The molecular weight excluding hydrogens is 594 g/mol. The SMILES string of the molecule is CC(=O)Nc1ccccc1Cc1[nH]c2ccccc2c1-c1c(C(c2ccccc2)c2ccccc2)[nH]c2ccc(Br)cc12. The maximum atomic E-state index is 12.1. The van der Waals surface area contributed by atoms with Gasteiger partial charge in [0.15, 0.2) is 0 Å². The average Bonchev–Trinajstić information content (AvgIpc) is 3.56. The van der Waals surface area contributed by atoms with Gasteiger partial charge < -0.3 is 15.3 Å². The normalized spacial score (nSPS) is 11.4. The maximum Gasteiger partial charge on any atom is 0.221 e. The van der Waals surface area contributed by atoms with E-state index in [4.69, 9.17) is 0 Å². The molecule has 0 fully saturated rings. The molecular formula is C38H30BrN3O. The minimum atomic E-state index is -0.0818. The summed E-state index contributed by atoms with van der Waals surface area (Å²) in [7, 11) is 0. The molecule has 0 radical (unpaired) electrons. The Morgan fingerprint density at radius 2 is 1.33 bits per heavy atom. The minimum Gasteiger partial charge on any atom is -0.358 e. The van der Waals surface area contributed by atoms with E-state index in [9.17, 15) is 4.79 Å². The van der Waals surface area contributed by atoms with Crippen molar-refractivity contribution in [2.45, 2.75) is 19.3 Å². The second-order valence-corrected chi connectivity index (χ2v) is 11.8. The van der Waals surface area contributed by atoms with E-state index in [0.717, 1.165) is 48.9 Å². The summed E-state index contributed by atoms with van der Waals surface area (Å²) < 4.78 is 1.03. The lowest BCUT2D eigenvalue weighted by atomic mass is 9.84. The quantitative estimate of drug-likeness (QED) is 0.162. The smallest absolute Gasteiger partial charge is 0.221 e. The minimum absolute atomic E-state index is 0.0169. The number of H-pyrrole nitrogens is 2. The summed E-state index contributed by atoms with van der Waals surface area (Å²) >= 11 is 3.76. The number of hydrogen-bond donors (Lipinski definition) is 3. The van der Waals surface area contributed by atoms with Crippen LogP contribution in [0.1, 0.15) is 40.9 Å². The van der Waals surface area contributed by atoms with Crippen molar-refractivity contribution in [3.8, 4) is 11.1 Å². The van der Waals surface area contributed by atoms with Crippen LogP contribution in [-0.2, 0) is 11.2 Å². The van der Waals surface area contributed by atoms with E-state index in [0.29, 0.717) is 6.42 Å². The highest BCUT2D eigenvalue weighted by Crippen LogP contribution is 2.46. The van der Waals surface area contributed by atoms with Gasteiger partial charge in [-0.2, -0.15) is 0 Å². The van der Waals surface area contributed by atoms with Gasteiger partial charge in [0.25, 0.3) is 0 Å². The molecule has 5 heteroatoms. The van der Waals surface area contributed by atoms with Crippen LogP contribution in [0, 0.1) is 0 Å². The second-order valence-electron chi connectivity index (χ2n) is 10.9. The average molecular weight is 625 g/mol. The van der Waals surface area contributed by atoms with Crippen LogP contribution >= 0.6 is 15.9 Å². The summed E-state index contributed by atoms with van der Waals surface area (Å²) in [6.07, 6.45) is 0.627. The molecule has 7 aromatic rings. The second kappa shape index (κ2) is 11.4. The number of carbonyl (C=O) groups is 1. The Labute approximate surface area is 258 Å². The number of carbonyl (C=O) groups excluding carboxylic acids is 1. The van der Waals surface area contributed by atoms with Gasteiger partial charge >= 0.3 is 0 Å². The molecule has 3 N–H and O–H groups in total. The molecule has 0 saturated carbocycles. The fourth-order valence-electron chi connectivity index (χ4n) is 6.28. The number of fused-ring (bicyclic) bond motifs is 2. The predicted octanol–water partition coefficient (Wildman–Crippen LogP) is 9.81. The Morgan fingerprint density at radius 3 is 2.05 bits per heavy atom. The molecule has 0 bridgehead atoms. The van der Waals surface area contributed by atoms with Gasteiger partial charge in [-0.15, -0.1) is 0 Å². The van der Waals surface area contributed by atoms with E-state index >= 15 is 0 Å². The highest BCUT2D eigenvalue weighted by Gasteiger charge is 2.28. The Balaban J connectivity index is 1.53. The van der Waals surface area contributed by atoms with Crippen molar-refractivity contribution in [1.29, 1.82) is 0 Å². The lowest BCUT2D eigenvalue weighted by Crippen LogP contribution is -2.08. The summed E-state index contributed by atoms with van der Waals surface area (Å²) in [6, 6.07) is 44.4. The van der Waals surface area contributed by atoms with Crippen molar-refractivity contribution in [3.05, 3.63) is 160 Å². The number of amides is 1. The zero-order valence-electron chi connectivity index (χ0n) is 23.7. The topological polar surface area (TPSA) is 60.7 Å². The van der Waals surface area contributed by atoms with Crippen LogP contribution in [0.5, 0.6) is 0 Å². The number of aromatic nitrogens is 2. The van der Waals surface area contributed by atoms with Crippen LogP contribution in [0.25, 0.3) is 32.9 Å². The van der Waals surface area contributed by atoms with Gasteiger partial charge in [-0.1, -0.05) is 113 Å². The third-order valence-corrected chi connectivity index (χ3v) is 8.57. The Kier molecular flexibility index (Phi) is 7.17. The third-order valence-electron chi connectivity index (χ3n) is 8.07. The fourth-order valence-corrected chi connectivity index (χ4v) is 6.64. The van der Waals surface area contributed by atoms with Crippen LogP contribution in [-0.4, -0.2) is 15.9 Å². The maximum absolute atomic E-state index is 12.1. The molecule has 2 aromatic heterocycles. The van der Waals surface area contributed by atoms with Gasteiger partial charge in [0.1, 0.15) is 0 Å². The zero-order chi connectivity index (χ0) is 29.3. The number of nitrogens with one attached hydrogen (secondary N) is 3. The summed E-state index contributed by atoms with van der Waals surface area (Å²) in [5.74, 6) is -0.0987. The number of benzene rings is 5. The molecule has 0 aliphatic carbocycles. The summed E-state index contributed by atoms with van der Waals surface area (Å²) in [5.41, 5.74) is 11.1. The number of para-hydroxylation sites is 2. The summed E-state index contributed by atoms with van der Waals surface area (Å²) in [5, 5.41) is 5.34. The van der Waals surface area contributed by atoms with Crippen molar-refractivity contribution in [2.75, 3.05) is 5.32 Å². The van der Waals surface area contributed by atoms with Crippen molar-refractivity contribution in [2.24, 2.45) is 0 Å². The zero-order valence-corrected chi connectivity index (χ0v) is 25.3. The monoisotopic (exact) mass is 623 g/mol. The van der Waals surface area contributed by atoms with E-state index < -0.39 is 0 Å². The largest absolute Gasteiger partial charge is 0.358 e. The molecule has 0 spiro atoms. The van der Waals surface area contributed by atoms with Gasteiger partial charge in [-0.05, 0) is 47.0 Å². The molecule has 0 aliphatic rings. The predicted molar refractivity (Wildman–Crippen MR) is 181 cm³/mol. The van der Waals surface area contributed by atoms with E-state index in [-0.39, 0.29) is 11.8 Å². The van der Waals surface area contributed by atoms with Gasteiger partial charge in [0.05, 0.1) is 0 Å². The number of hydrogen-bond acceptors (Lipinski definition) is 1. The lowest BCUT2D eigenvalue weighted by molar-refractivity contribution is -0.114. The highest BCUT2D eigenvalue weighted by atomic mass is 79.9. The fraction of sp³-hybridized carbons (Fsp3) is 0.0789. The van der Waals surface area contributed by atoms with Crippen molar-refractivity contribution in [1.82, 2.24) is 9.97 Å². The standard InChI is InChI=1S/C38H30BrN3O/c1-24(43)40-31-18-10-8-16-27(31)22-34-36(29-17-9-11-19-32(29)41-34)37-30-23-28(39)20-21-33(30)42-38(37)35(25-12-4-2-5-13-25)26-14-6-3-7-15-26/h2-21,23,35,41-42H,22H2,1H3,(H,40,43). The third kappa shape index (κ3) is 5.17. The first-order valence-electron chi connectivity index (χ1n) is 14.4. The lowest BCUT2D eigenvalue weighted by Gasteiger charge is -2.20. The summed E-state index contributed by atoms with van der Waals surface area (Å²) in [4.78, 5) is 19.7. The van der Waals surface area contributed by atoms with E-state index in [1.807, 2.05) is 18.2 Å². The molecule has 1 amide bonds. The molecule has 0 unspecified atom stereocenters.